The number of nitrogens with zero attached hydrogens (tertiary/aromatic N) is 1. The molecule has 108 valence electrons. The van der Waals surface area contributed by atoms with E-state index in [1.54, 1.807) is 26.4 Å². The molecule has 2 aromatic carbocycles. The number of H-pyrrole nitrogens is 1. The van der Waals surface area contributed by atoms with Crippen LogP contribution in [0.15, 0.2) is 30.3 Å². The lowest BCUT2D eigenvalue weighted by molar-refractivity contribution is 0.356. The van der Waals surface area contributed by atoms with Gasteiger partial charge < -0.3 is 20.2 Å². The van der Waals surface area contributed by atoms with Crippen molar-refractivity contribution in [2.24, 2.45) is 0 Å². The van der Waals surface area contributed by atoms with E-state index in [2.05, 4.69) is 9.97 Å². The Morgan fingerprint density at radius 2 is 1.81 bits per heavy atom. The van der Waals surface area contributed by atoms with Crippen LogP contribution in [0.1, 0.15) is 0 Å². The van der Waals surface area contributed by atoms with Gasteiger partial charge in [0, 0.05) is 17.7 Å². The number of benzene rings is 2. The number of anilines is 1. The van der Waals surface area contributed by atoms with Gasteiger partial charge in [0.05, 0.1) is 36.0 Å². The molecule has 0 fully saturated rings. The number of nitrogen functional groups attached to an aromatic ring is 1. The fourth-order valence-corrected chi connectivity index (χ4v) is 2.33. The minimum Gasteiger partial charge on any atom is -0.493 e. The summed E-state index contributed by atoms with van der Waals surface area (Å²) >= 11 is 6.05. The standard InChI is InChI=1S/C15H14ClN3O2/c1-20-13-6-11-12(7-14(13)21-2)19-15(18-11)8-3-4-10(17)9(16)5-8/h3-7H,17H2,1-2H3,(H,18,19). The van der Waals surface area contributed by atoms with E-state index in [-0.39, 0.29) is 0 Å². The van der Waals surface area contributed by atoms with Crippen molar-refractivity contribution in [1.29, 1.82) is 0 Å². The second-order valence-corrected chi connectivity index (χ2v) is 4.95. The number of nitrogens with two attached hydrogens (primary N) is 1. The molecule has 0 aliphatic heterocycles. The summed E-state index contributed by atoms with van der Waals surface area (Å²) in [5.74, 6) is 2.00. The van der Waals surface area contributed by atoms with Crippen molar-refractivity contribution in [1.82, 2.24) is 9.97 Å². The summed E-state index contributed by atoms with van der Waals surface area (Å²) in [6, 6.07) is 9.08. The SMILES string of the molecule is COc1cc2nc(-c3ccc(N)c(Cl)c3)[nH]c2cc1OC. The maximum atomic E-state index is 6.05. The maximum Gasteiger partial charge on any atom is 0.163 e. The predicted octanol–water partition coefficient (Wildman–Crippen LogP) is 3.48. The van der Waals surface area contributed by atoms with Gasteiger partial charge in [0.25, 0.3) is 0 Å². The van der Waals surface area contributed by atoms with Crippen LogP contribution in [0.25, 0.3) is 22.4 Å². The fraction of sp³-hybridized carbons (Fsp3) is 0.133. The number of methoxy groups -OCH3 is 2. The van der Waals surface area contributed by atoms with E-state index >= 15 is 0 Å². The number of aromatic nitrogens is 2. The van der Waals surface area contributed by atoms with Crippen LogP contribution in [0.3, 0.4) is 0 Å². The van der Waals surface area contributed by atoms with Gasteiger partial charge in [-0.3, -0.25) is 0 Å². The van der Waals surface area contributed by atoms with E-state index in [0.717, 1.165) is 16.6 Å². The first-order chi connectivity index (χ1) is 10.1. The first kappa shape index (κ1) is 13.6. The molecule has 0 atom stereocenters. The Labute approximate surface area is 126 Å². The molecule has 0 amide bonds. The molecule has 0 bridgehead atoms. The van der Waals surface area contributed by atoms with Crippen LogP contribution < -0.4 is 15.2 Å². The van der Waals surface area contributed by atoms with Crippen LogP contribution in [-0.2, 0) is 0 Å². The number of halogens is 1. The van der Waals surface area contributed by atoms with Crippen molar-refractivity contribution >= 4 is 28.3 Å². The lowest BCUT2D eigenvalue weighted by Crippen LogP contribution is -1.89. The van der Waals surface area contributed by atoms with Crippen LogP contribution in [0.2, 0.25) is 5.02 Å². The third-order valence-corrected chi connectivity index (χ3v) is 3.59. The van der Waals surface area contributed by atoms with Crippen LogP contribution in [0, 0.1) is 0 Å². The smallest absolute Gasteiger partial charge is 0.163 e. The maximum absolute atomic E-state index is 6.05. The zero-order chi connectivity index (χ0) is 15.0. The van der Waals surface area contributed by atoms with Crippen molar-refractivity contribution in [3.8, 4) is 22.9 Å². The highest BCUT2D eigenvalue weighted by Gasteiger charge is 2.11. The Bertz CT molecular complexity index is 773. The summed E-state index contributed by atoms with van der Waals surface area (Å²) in [5.41, 5.74) is 8.77. The second kappa shape index (κ2) is 5.18. The number of ether oxygens (including phenoxy) is 2. The Hall–Kier alpha value is -2.40. The minimum atomic E-state index is 0.503. The molecule has 0 saturated carbocycles. The predicted molar refractivity (Wildman–Crippen MR) is 84.1 cm³/mol. The molecular formula is C15H14ClN3O2. The van der Waals surface area contributed by atoms with Gasteiger partial charge in [-0.1, -0.05) is 11.6 Å². The van der Waals surface area contributed by atoms with Crippen LogP contribution in [-0.4, -0.2) is 24.2 Å². The van der Waals surface area contributed by atoms with Gasteiger partial charge in [0.2, 0.25) is 0 Å². The normalized spacial score (nSPS) is 10.8. The molecule has 3 rings (SSSR count). The van der Waals surface area contributed by atoms with Crippen LogP contribution in [0.5, 0.6) is 11.5 Å². The summed E-state index contributed by atoms with van der Waals surface area (Å²) in [7, 11) is 3.19. The van der Waals surface area contributed by atoms with E-state index < -0.39 is 0 Å². The van der Waals surface area contributed by atoms with Gasteiger partial charge in [-0.2, -0.15) is 0 Å². The molecule has 0 aliphatic carbocycles. The molecule has 1 heterocycles. The second-order valence-electron chi connectivity index (χ2n) is 4.55. The quantitative estimate of drug-likeness (QED) is 0.727. The molecule has 0 saturated heterocycles. The number of hydrogen-bond acceptors (Lipinski definition) is 4. The van der Waals surface area contributed by atoms with E-state index in [4.69, 9.17) is 26.8 Å². The molecule has 3 aromatic rings. The zero-order valence-corrected chi connectivity index (χ0v) is 12.4. The molecule has 6 heteroatoms. The first-order valence-electron chi connectivity index (χ1n) is 6.29. The van der Waals surface area contributed by atoms with E-state index in [1.807, 2.05) is 18.2 Å². The molecule has 21 heavy (non-hydrogen) atoms. The third kappa shape index (κ3) is 2.36. The van der Waals surface area contributed by atoms with Gasteiger partial charge in [0.15, 0.2) is 11.5 Å². The van der Waals surface area contributed by atoms with Crippen molar-refractivity contribution in [3.63, 3.8) is 0 Å². The lowest BCUT2D eigenvalue weighted by atomic mass is 10.2. The Morgan fingerprint density at radius 1 is 1.10 bits per heavy atom. The molecule has 0 aliphatic rings. The van der Waals surface area contributed by atoms with Gasteiger partial charge in [-0.15, -0.1) is 0 Å². The molecule has 0 unspecified atom stereocenters. The molecule has 1 aromatic heterocycles. The summed E-state index contributed by atoms with van der Waals surface area (Å²) in [6.07, 6.45) is 0. The summed E-state index contributed by atoms with van der Waals surface area (Å²) in [5, 5.41) is 0.503. The Kier molecular flexibility index (Phi) is 3.35. The van der Waals surface area contributed by atoms with Gasteiger partial charge in [0.1, 0.15) is 5.82 Å². The molecule has 3 N–H and O–H groups in total. The summed E-state index contributed by atoms with van der Waals surface area (Å²) in [6.45, 7) is 0. The van der Waals surface area contributed by atoms with E-state index in [9.17, 15) is 0 Å². The fourth-order valence-electron chi connectivity index (χ4n) is 2.15. The third-order valence-electron chi connectivity index (χ3n) is 3.26. The van der Waals surface area contributed by atoms with E-state index in [1.165, 1.54) is 0 Å². The van der Waals surface area contributed by atoms with Crippen LogP contribution >= 0.6 is 11.6 Å². The van der Waals surface area contributed by atoms with Gasteiger partial charge in [-0.25, -0.2) is 4.98 Å². The average Bonchev–Trinajstić information content (AvgIpc) is 2.91. The number of hydrogen-bond donors (Lipinski definition) is 2. The molecule has 5 nitrogen and oxygen atoms in total. The number of rotatable bonds is 3. The topological polar surface area (TPSA) is 73.2 Å². The van der Waals surface area contributed by atoms with Crippen molar-refractivity contribution < 1.29 is 9.47 Å². The van der Waals surface area contributed by atoms with Crippen molar-refractivity contribution in [3.05, 3.63) is 35.4 Å². The largest absolute Gasteiger partial charge is 0.493 e. The number of imidazole rings is 1. The van der Waals surface area contributed by atoms with Crippen LogP contribution in [0.4, 0.5) is 5.69 Å². The summed E-state index contributed by atoms with van der Waals surface area (Å²) in [4.78, 5) is 7.79. The number of fused-ring (bicyclic) bond motifs is 1. The minimum absolute atomic E-state index is 0.503. The summed E-state index contributed by atoms with van der Waals surface area (Å²) < 4.78 is 10.6. The van der Waals surface area contributed by atoms with Crippen molar-refractivity contribution in [2.75, 3.05) is 20.0 Å². The highest BCUT2D eigenvalue weighted by molar-refractivity contribution is 6.33. The van der Waals surface area contributed by atoms with Gasteiger partial charge >= 0.3 is 0 Å². The average molecular weight is 304 g/mol. The number of aromatic amines is 1. The first-order valence-corrected chi connectivity index (χ1v) is 6.67. The Balaban J connectivity index is 2.14. The Morgan fingerprint density at radius 3 is 2.48 bits per heavy atom. The molecular weight excluding hydrogens is 290 g/mol. The van der Waals surface area contributed by atoms with Crippen molar-refractivity contribution in [2.45, 2.75) is 0 Å². The lowest BCUT2D eigenvalue weighted by Gasteiger charge is -2.06. The highest BCUT2D eigenvalue weighted by Crippen LogP contribution is 2.33. The van der Waals surface area contributed by atoms with E-state index in [0.29, 0.717) is 28.0 Å². The monoisotopic (exact) mass is 303 g/mol. The zero-order valence-electron chi connectivity index (χ0n) is 11.6. The number of nitrogens with one attached hydrogen (secondary N) is 1. The highest BCUT2D eigenvalue weighted by atomic mass is 35.5. The molecule has 0 spiro atoms. The van der Waals surface area contributed by atoms with Gasteiger partial charge in [-0.05, 0) is 18.2 Å². The molecule has 0 radical (unpaired) electrons.